The second-order valence-electron chi connectivity index (χ2n) is 6.00. The van der Waals surface area contributed by atoms with Crippen molar-refractivity contribution in [2.24, 2.45) is 0 Å². The zero-order chi connectivity index (χ0) is 19.4. The Morgan fingerprint density at radius 1 is 1.33 bits per heavy atom. The van der Waals surface area contributed by atoms with Gasteiger partial charge in [-0.15, -0.1) is 11.3 Å². The predicted octanol–water partition coefficient (Wildman–Crippen LogP) is 4.84. The molecule has 0 saturated heterocycles. The predicted molar refractivity (Wildman–Crippen MR) is 111 cm³/mol. The van der Waals surface area contributed by atoms with Gasteiger partial charge in [0.05, 0.1) is 23.8 Å². The highest BCUT2D eigenvalue weighted by atomic mass is 79.9. The first-order chi connectivity index (χ1) is 13.0. The number of methoxy groups -OCH3 is 1. The number of esters is 1. The first-order valence-corrected chi connectivity index (χ1v) is 10.3. The van der Waals surface area contributed by atoms with Gasteiger partial charge < -0.3 is 14.8 Å². The van der Waals surface area contributed by atoms with Crippen molar-refractivity contribution in [3.63, 3.8) is 0 Å². The van der Waals surface area contributed by atoms with Crippen molar-refractivity contribution in [3.8, 4) is 5.75 Å². The molecule has 1 aliphatic rings. The summed E-state index contributed by atoms with van der Waals surface area (Å²) in [6.07, 6.45) is 6.00. The average molecular weight is 450 g/mol. The van der Waals surface area contributed by atoms with Gasteiger partial charge in [-0.3, -0.25) is 4.79 Å². The quantitative estimate of drug-likeness (QED) is 0.506. The number of anilines is 1. The molecule has 142 valence electrons. The van der Waals surface area contributed by atoms with Gasteiger partial charge in [-0.2, -0.15) is 0 Å². The Morgan fingerprint density at radius 2 is 2.15 bits per heavy atom. The third-order valence-corrected chi connectivity index (χ3v) is 6.07. The molecule has 3 rings (SSSR count). The molecule has 0 radical (unpaired) electrons. The van der Waals surface area contributed by atoms with Crippen LogP contribution in [0.5, 0.6) is 5.75 Å². The smallest absolute Gasteiger partial charge is 0.341 e. The maximum Gasteiger partial charge on any atom is 0.341 e. The second kappa shape index (κ2) is 8.71. The largest absolute Gasteiger partial charge is 0.496 e. The van der Waals surface area contributed by atoms with Crippen LogP contribution in [0.25, 0.3) is 6.08 Å². The van der Waals surface area contributed by atoms with Gasteiger partial charge in [0.1, 0.15) is 10.8 Å². The topological polar surface area (TPSA) is 64.6 Å². The third kappa shape index (κ3) is 4.42. The fraction of sp³-hybridized carbons (Fsp3) is 0.300. The maximum atomic E-state index is 12.4. The van der Waals surface area contributed by atoms with Crippen molar-refractivity contribution in [2.75, 3.05) is 19.0 Å². The summed E-state index contributed by atoms with van der Waals surface area (Å²) in [6.45, 7) is 2.08. The molecule has 1 amide bonds. The molecule has 0 unspecified atom stereocenters. The van der Waals surface area contributed by atoms with Gasteiger partial charge in [0, 0.05) is 11.0 Å². The lowest BCUT2D eigenvalue weighted by Crippen LogP contribution is -2.13. The Kier molecular flexibility index (Phi) is 6.34. The molecule has 1 aliphatic carbocycles. The summed E-state index contributed by atoms with van der Waals surface area (Å²) in [5, 5.41) is 3.42. The van der Waals surface area contributed by atoms with E-state index in [9.17, 15) is 9.59 Å². The zero-order valence-electron chi connectivity index (χ0n) is 15.1. The minimum absolute atomic E-state index is 0.285. The van der Waals surface area contributed by atoms with E-state index in [1.165, 1.54) is 17.4 Å². The molecule has 2 aromatic rings. The number of ether oxygens (including phenoxy) is 2. The molecule has 7 heteroatoms. The molecule has 0 fully saturated rings. The fourth-order valence-electron chi connectivity index (χ4n) is 3.02. The lowest BCUT2D eigenvalue weighted by atomic mass is 10.1. The minimum Gasteiger partial charge on any atom is -0.496 e. The van der Waals surface area contributed by atoms with Crippen LogP contribution in [0.4, 0.5) is 5.00 Å². The lowest BCUT2D eigenvalue weighted by molar-refractivity contribution is -0.111. The molecule has 0 saturated carbocycles. The van der Waals surface area contributed by atoms with Crippen molar-refractivity contribution in [3.05, 3.63) is 50.3 Å². The number of hydrogen-bond donors (Lipinski definition) is 1. The van der Waals surface area contributed by atoms with E-state index in [0.717, 1.165) is 45.5 Å². The maximum absolute atomic E-state index is 12.4. The molecule has 0 spiro atoms. The molecule has 0 atom stereocenters. The van der Waals surface area contributed by atoms with Crippen LogP contribution in [0, 0.1) is 0 Å². The summed E-state index contributed by atoms with van der Waals surface area (Å²) >= 11 is 4.89. The molecular weight excluding hydrogens is 430 g/mol. The number of thiophene rings is 1. The summed E-state index contributed by atoms with van der Waals surface area (Å²) in [7, 11) is 1.60. The van der Waals surface area contributed by atoms with Crippen LogP contribution in [0.2, 0.25) is 0 Å². The van der Waals surface area contributed by atoms with E-state index >= 15 is 0 Å². The molecular formula is C20H20BrNO4S. The summed E-state index contributed by atoms with van der Waals surface area (Å²) < 4.78 is 11.2. The number of aryl methyl sites for hydroxylation is 1. The number of amides is 1. The Labute approximate surface area is 170 Å². The molecule has 5 nitrogen and oxygen atoms in total. The van der Waals surface area contributed by atoms with Crippen molar-refractivity contribution in [2.45, 2.75) is 26.2 Å². The number of benzene rings is 1. The Balaban J connectivity index is 1.76. The Bertz CT molecular complexity index is 904. The fourth-order valence-corrected chi connectivity index (χ4v) is 4.86. The summed E-state index contributed by atoms with van der Waals surface area (Å²) in [5.74, 6) is 0.0754. The van der Waals surface area contributed by atoms with Crippen molar-refractivity contribution >= 4 is 50.2 Å². The van der Waals surface area contributed by atoms with Crippen molar-refractivity contribution in [1.29, 1.82) is 0 Å². The monoisotopic (exact) mass is 449 g/mol. The molecule has 27 heavy (non-hydrogen) atoms. The summed E-state index contributed by atoms with van der Waals surface area (Å²) in [6, 6.07) is 5.55. The lowest BCUT2D eigenvalue weighted by Gasteiger charge is -2.06. The van der Waals surface area contributed by atoms with Gasteiger partial charge in [-0.1, -0.05) is 6.07 Å². The highest BCUT2D eigenvalue weighted by molar-refractivity contribution is 9.10. The Hall–Kier alpha value is -2.12. The van der Waals surface area contributed by atoms with Crippen molar-refractivity contribution in [1.82, 2.24) is 0 Å². The van der Waals surface area contributed by atoms with Gasteiger partial charge in [0.25, 0.3) is 0 Å². The standard InChI is InChI=1S/C20H20BrNO4S/c1-3-26-20(24)18-13-5-4-6-16(13)27-19(18)22-17(23)10-8-12-7-9-15(25-2)14(21)11-12/h7-11H,3-6H2,1-2H3,(H,22,23). The normalized spacial score (nSPS) is 12.9. The average Bonchev–Trinajstić information content (AvgIpc) is 3.20. The number of hydrogen-bond acceptors (Lipinski definition) is 5. The van der Waals surface area contributed by atoms with E-state index in [1.54, 1.807) is 20.1 Å². The van der Waals surface area contributed by atoms with Crippen molar-refractivity contribution < 1.29 is 19.1 Å². The van der Waals surface area contributed by atoms with Crippen LogP contribution >= 0.6 is 27.3 Å². The molecule has 1 N–H and O–H groups in total. The van der Waals surface area contributed by atoms with Crippen LogP contribution in [0.3, 0.4) is 0 Å². The van der Waals surface area contributed by atoms with Gasteiger partial charge in [-0.25, -0.2) is 4.79 Å². The van der Waals surface area contributed by atoms with Crippen LogP contribution in [-0.4, -0.2) is 25.6 Å². The van der Waals surface area contributed by atoms with E-state index in [2.05, 4.69) is 21.2 Å². The Morgan fingerprint density at radius 3 is 2.85 bits per heavy atom. The van der Waals surface area contributed by atoms with E-state index in [0.29, 0.717) is 17.2 Å². The molecule has 1 aromatic carbocycles. The number of halogens is 1. The summed E-state index contributed by atoms with van der Waals surface area (Å²) in [5.41, 5.74) is 2.40. The third-order valence-electron chi connectivity index (χ3n) is 4.24. The second-order valence-corrected chi connectivity index (χ2v) is 7.96. The van der Waals surface area contributed by atoms with Gasteiger partial charge in [0.2, 0.25) is 5.91 Å². The number of carbonyl (C=O) groups excluding carboxylic acids is 2. The van der Waals surface area contributed by atoms with E-state index in [-0.39, 0.29) is 11.9 Å². The molecule has 1 aromatic heterocycles. The van der Waals surface area contributed by atoms with E-state index < -0.39 is 0 Å². The van der Waals surface area contributed by atoms with Crippen LogP contribution in [-0.2, 0) is 22.4 Å². The highest BCUT2D eigenvalue weighted by Gasteiger charge is 2.27. The van der Waals surface area contributed by atoms with E-state index in [4.69, 9.17) is 9.47 Å². The zero-order valence-corrected chi connectivity index (χ0v) is 17.5. The van der Waals surface area contributed by atoms with Crippen LogP contribution in [0.1, 0.15) is 39.7 Å². The van der Waals surface area contributed by atoms with Gasteiger partial charge >= 0.3 is 5.97 Å². The summed E-state index contributed by atoms with van der Waals surface area (Å²) in [4.78, 5) is 25.9. The highest BCUT2D eigenvalue weighted by Crippen LogP contribution is 2.39. The number of carbonyl (C=O) groups is 2. The molecule has 0 aliphatic heterocycles. The molecule has 1 heterocycles. The number of fused-ring (bicyclic) bond motifs is 1. The first-order valence-electron chi connectivity index (χ1n) is 8.67. The van der Waals surface area contributed by atoms with Gasteiger partial charge in [0.15, 0.2) is 0 Å². The molecule has 0 bridgehead atoms. The minimum atomic E-state index is -0.365. The first kappa shape index (κ1) is 19.6. The van der Waals surface area contributed by atoms with Crippen LogP contribution < -0.4 is 10.1 Å². The van der Waals surface area contributed by atoms with E-state index in [1.807, 2.05) is 18.2 Å². The SMILES string of the molecule is CCOC(=O)c1c(NC(=O)C=Cc2ccc(OC)c(Br)c2)sc2c1CCC2. The number of nitrogens with one attached hydrogen (secondary N) is 1. The number of rotatable bonds is 6. The van der Waals surface area contributed by atoms with Gasteiger partial charge in [-0.05, 0) is 71.5 Å². The van der Waals surface area contributed by atoms with Crippen LogP contribution in [0.15, 0.2) is 28.7 Å².